The number of H-pyrrole nitrogens is 1. The predicted molar refractivity (Wildman–Crippen MR) is 46.8 cm³/mol. The Kier molecular flexibility index (Phi) is 1.98. The molecule has 0 aliphatic rings. The van der Waals surface area contributed by atoms with Crippen LogP contribution in [0.5, 0.6) is 0 Å². The third-order valence-corrected chi connectivity index (χ3v) is 1.86. The first-order chi connectivity index (χ1) is 6.29. The van der Waals surface area contributed by atoms with Crippen LogP contribution in [0.25, 0.3) is 11.4 Å². The Morgan fingerprint density at radius 1 is 1.31 bits per heavy atom. The summed E-state index contributed by atoms with van der Waals surface area (Å²) in [4.78, 5) is 10.3. The molecule has 2 rings (SSSR count). The smallest absolute Gasteiger partial charge is 0.171 e. The SMILES string of the molecule is Fc1c(-c2ncc[nH]2)ccnc1Cl. The fraction of sp³-hybridized carbons (Fsp3) is 0. The van der Waals surface area contributed by atoms with Crippen LogP contribution in [-0.2, 0) is 0 Å². The van der Waals surface area contributed by atoms with Gasteiger partial charge in [-0.15, -0.1) is 0 Å². The first-order valence-electron chi connectivity index (χ1n) is 3.59. The number of aromatic nitrogens is 3. The molecule has 66 valence electrons. The molecule has 0 spiro atoms. The molecule has 3 nitrogen and oxygen atoms in total. The lowest BCUT2D eigenvalue weighted by Gasteiger charge is -1.99. The summed E-state index contributed by atoms with van der Waals surface area (Å²) in [5, 5.41) is -0.145. The maximum Gasteiger partial charge on any atom is 0.171 e. The van der Waals surface area contributed by atoms with Gasteiger partial charge < -0.3 is 4.98 Å². The molecule has 0 aromatic carbocycles. The highest BCUT2D eigenvalue weighted by molar-refractivity contribution is 6.29. The standard InChI is InChI=1S/C8H5ClFN3/c9-7-6(10)5(1-2-11-7)8-12-3-4-13-8/h1-4H,(H,12,13). The van der Waals surface area contributed by atoms with Crippen molar-refractivity contribution in [1.82, 2.24) is 15.0 Å². The molecule has 0 aliphatic heterocycles. The molecule has 0 aliphatic carbocycles. The van der Waals surface area contributed by atoms with Crippen molar-refractivity contribution in [3.05, 3.63) is 35.6 Å². The summed E-state index contributed by atoms with van der Waals surface area (Å²) in [5.41, 5.74) is 0.324. The molecule has 0 saturated carbocycles. The lowest BCUT2D eigenvalue weighted by atomic mass is 10.2. The van der Waals surface area contributed by atoms with E-state index in [1.807, 2.05) is 0 Å². The van der Waals surface area contributed by atoms with Crippen molar-refractivity contribution in [1.29, 1.82) is 0 Å². The van der Waals surface area contributed by atoms with E-state index in [1.165, 1.54) is 12.3 Å². The van der Waals surface area contributed by atoms with Gasteiger partial charge in [0.2, 0.25) is 0 Å². The van der Waals surface area contributed by atoms with Gasteiger partial charge in [-0.25, -0.2) is 14.4 Å². The largest absolute Gasteiger partial charge is 0.345 e. The molecular weight excluding hydrogens is 193 g/mol. The number of rotatable bonds is 1. The van der Waals surface area contributed by atoms with Gasteiger partial charge in [-0.3, -0.25) is 0 Å². The summed E-state index contributed by atoms with van der Waals surface area (Å²) < 4.78 is 13.3. The number of halogens is 2. The van der Waals surface area contributed by atoms with Gasteiger partial charge in [-0.05, 0) is 6.07 Å². The summed E-state index contributed by atoms with van der Waals surface area (Å²) in [6.45, 7) is 0. The van der Waals surface area contributed by atoms with Crippen LogP contribution in [-0.4, -0.2) is 15.0 Å². The van der Waals surface area contributed by atoms with E-state index in [9.17, 15) is 4.39 Å². The molecule has 0 bridgehead atoms. The molecule has 13 heavy (non-hydrogen) atoms. The van der Waals surface area contributed by atoms with Gasteiger partial charge in [0.25, 0.3) is 0 Å². The minimum atomic E-state index is -0.556. The van der Waals surface area contributed by atoms with Crippen molar-refractivity contribution in [2.75, 3.05) is 0 Å². The van der Waals surface area contributed by atoms with Gasteiger partial charge in [0.15, 0.2) is 11.0 Å². The Bertz CT molecular complexity index is 413. The van der Waals surface area contributed by atoms with E-state index < -0.39 is 5.82 Å². The first kappa shape index (κ1) is 8.19. The van der Waals surface area contributed by atoms with Crippen LogP contribution in [0, 0.1) is 5.82 Å². The Hall–Kier alpha value is -1.42. The molecule has 0 saturated heterocycles. The van der Waals surface area contributed by atoms with E-state index in [0.717, 1.165) is 0 Å². The van der Waals surface area contributed by atoms with Gasteiger partial charge in [-0.1, -0.05) is 11.6 Å². The van der Waals surface area contributed by atoms with Crippen LogP contribution in [0.4, 0.5) is 4.39 Å². The summed E-state index contributed by atoms with van der Waals surface area (Å²) in [5.74, 6) is -0.110. The Morgan fingerprint density at radius 2 is 2.15 bits per heavy atom. The van der Waals surface area contributed by atoms with Gasteiger partial charge in [-0.2, -0.15) is 0 Å². The highest BCUT2D eigenvalue weighted by Gasteiger charge is 2.10. The molecule has 0 radical (unpaired) electrons. The van der Waals surface area contributed by atoms with Crippen LogP contribution in [0.15, 0.2) is 24.7 Å². The minimum absolute atomic E-state index is 0.145. The van der Waals surface area contributed by atoms with Crippen molar-refractivity contribution in [2.24, 2.45) is 0 Å². The van der Waals surface area contributed by atoms with Crippen LogP contribution < -0.4 is 0 Å². The zero-order chi connectivity index (χ0) is 9.26. The van der Waals surface area contributed by atoms with E-state index in [4.69, 9.17) is 11.6 Å². The van der Waals surface area contributed by atoms with Gasteiger partial charge in [0.1, 0.15) is 5.82 Å². The zero-order valence-corrected chi connectivity index (χ0v) is 7.22. The number of nitrogens with one attached hydrogen (secondary N) is 1. The van der Waals surface area contributed by atoms with Crippen LogP contribution in [0.1, 0.15) is 0 Å². The topological polar surface area (TPSA) is 41.6 Å². The van der Waals surface area contributed by atoms with Crippen LogP contribution >= 0.6 is 11.6 Å². The fourth-order valence-electron chi connectivity index (χ4n) is 1.01. The molecular formula is C8H5ClFN3. The quantitative estimate of drug-likeness (QED) is 0.713. The third kappa shape index (κ3) is 1.40. The first-order valence-corrected chi connectivity index (χ1v) is 3.96. The number of hydrogen-bond acceptors (Lipinski definition) is 2. The van der Waals surface area contributed by atoms with E-state index in [-0.39, 0.29) is 5.15 Å². The van der Waals surface area contributed by atoms with E-state index in [2.05, 4.69) is 15.0 Å². The monoisotopic (exact) mass is 197 g/mol. The number of imidazole rings is 1. The highest BCUT2D eigenvalue weighted by atomic mass is 35.5. The van der Waals surface area contributed by atoms with Gasteiger partial charge in [0, 0.05) is 18.6 Å². The molecule has 0 unspecified atom stereocenters. The van der Waals surface area contributed by atoms with Gasteiger partial charge >= 0.3 is 0 Å². The zero-order valence-electron chi connectivity index (χ0n) is 6.46. The maximum absolute atomic E-state index is 13.3. The number of aromatic amines is 1. The summed E-state index contributed by atoms with van der Waals surface area (Å²) >= 11 is 5.50. The second-order valence-electron chi connectivity index (χ2n) is 2.40. The summed E-state index contributed by atoms with van der Waals surface area (Å²) in [6.07, 6.45) is 4.59. The molecule has 1 N–H and O–H groups in total. The van der Waals surface area contributed by atoms with E-state index in [0.29, 0.717) is 11.4 Å². The van der Waals surface area contributed by atoms with E-state index >= 15 is 0 Å². The summed E-state index contributed by atoms with van der Waals surface area (Å²) in [7, 11) is 0. The molecule has 5 heteroatoms. The molecule has 0 atom stereocenters. The Morgan fingerprint density at radius 3 is 2.85 bits per heavy atom. The van der Waals surface area contributed by atoms with Crippen molar-refractivity contribution in [3.8, 4) is 11.4 Å². The van der Waals surface area contributed by atoms with Crippen molar-refractivity contribution >= 4 is 11.6 Å². The second kappa shape index (κ2) is 3.14. The number of pyridine rings is 1. The summed E-state index contributed by atoms with van der Waals surface area (Å²) in [6, 6.07) is 1.51. The average Bonchev–Trinajstić information content (AvgIpc) is 2.62. The Labute approximate surface area is 78.6 Å². The molecule has 2 aromatic rings. The lowest BCUT2D eigenvalue weighted by Crippen LogP contribution is -1.89. The van der Waals surface area contributed by atoms with Crippen molar-refractivity contribution in [2.45, 2.75) is 0 Å². The third-order valence-electron chi connectivity index (χ3n) is 1.60. The molecule has 0 fully saturated rings. The molecule has 2 aromatic heterocycles. The van der Waals surface area contributed by atoms with Crippen molar-refractivity contribution < 1.29 is 4.39 Å². The van der Waals surface area contributed by atoms with Crippen molar-refractivity contribution in [3.63, 3.8) is 0 Å². The molecule has 0 amide bonds. The number of hydrogen-bond donors (Lipinski definition) is 1. The highest BCUT2D eigenvalue weighted by Crippen LogP contribution is 2.22. The van der Waals surface area contributed by atoms with Gasteiger partial charge in [0.05, 0.1) is 5.56 Å². The fourth-order valence-corrected chi connectivity index (χ4v) is 1.17. The lowest BCUT2D eigenvalue weighted by molar-refractivity contribution is 0.624. The van der Waals surface area contributed by atoms with E-state index in [1.54, 1.807) is 12.4 Å². The molecule has 2 heterocycles. The van der Waals surface area contributed by atoms with Crippen LogP contribution in [0.3, 0.4) is 0 Å². The maximum atomic E-state index is 13.3. The average molecular weight is 198 g/mol. The van der Waals surface area contributed by atoms with Crippen LogP contribution in [0.2, 0.25) is 5.15 Å². The predicted octanol–water partition coefficient (Wildman–Crippen LogP) is 2.26. The second-order valence-corrected chi connectivity index (χ2v) is 2.76. The number of nitrogens with zero attached hydrogens (tertiary/aromatic N) is 2. The minimum Gasteiger partial charge on any atom is -0.345 e. The normalized spacial score (nSPS) is 10.3. The Balaban J connectivity index is 2.59.